The summed E-state index contributed by atoms with van der Waals surface area (Å²) in [5.41, 5.74) is -0.603. The van der Waals surface area contributed by atoms with Crippen molar-refractivity contribution in [3.63, 3.8) is 0 Å². The minimum absolute atomic E-state index is 0.00525. The molecule has 0 saturated carbocycles. The van der Waals surface area contributed by atoms with Gasteiger partial charge >= 0.3 is 12.2 Å². The summed E-state index contributed by atoms with van der Waals surface area (Å²) < 4.78 is 38.6. The van der Waals surface area contributed by atoms with Gasteiger partial charge in [0.2, 0.25) is 0 Å². The van der Waals surface area contributed by atoms with E-state index in [1.807, 2.05) is 13.8 Å². The molecule has 1 aromatic carbocycles. The molecule has 0 saturated heterocycles. The minimum Gasteiger partial charge on any atom is -0.396 e. The summed E-state index contributed by atoms with van der Waals surface area (Å²) in [5.74, 6) is 0. The van der Waals surface area contributed by atoms with Crippen LogP contribution in [0.1, 0.15) is 25.8 Å². The second-order valence-corrected chi connectivity index (χ2v) is 6.57. The van der Waals surface area contributed by atoms with E-state index in [4.69, 9.17) is 5.11 Å². The molecule has 0 aliphatic rings. The number of amides is 2. The number of anilines is 2. The third-order valence-electron chi connectivity index (χ3n) is 3.57. The molecule has 1 rings (SSSR count). The molecule has 8 heteroatoms. The number of rotatable bonds is 6. The molecule has 1 aromatic rings. The average Bonchev–Trinajstić information content (AvgIpc) is 2.44. The van der Waals surface area contributed by atoms with Gasteiger partial charge in [-0.2, -0.15) is 13.2 Å². The molecule has 136 valence electrons. The Morgan fingerprint density at radius 1 is 1.25 bits per heavy atom. The van der Waals surface area contributed by atoms with Crippen molar-refractivity contribution in [2.45, 2.75) is 26.4 Å². The number of halogens is 3. The van der Waals surface area contributed by atoms with Crippen LogP contribution >= 0.6 is 0 Å². The van der Waals surface area contributed by atoms with Crippen molar-refractivity contribution in [2.75, 3.05) is 37.5 Å². The highest BCUT2D eigenvalue weighted by Crippen LogP contribution is 2.34. The maximum Gasteiger partial charge on any atom is 0.416 e. The number of carbonyl (C=O) groups excluding carboxylic acids is 1. The lowest BCUT2D eigenvalue weighted by Crippen LogP contribution is -2.37. The standard InChI is InChI=1S/C16H24F3N3O2/c1-15(2,7-8-23)10-20-14(24)21-12-9-11(16(17,18)19)5-6-13(12)22(3)4/h5-6,9,23H,7-8,10H2,1-4H3,(H2,20,21,24). The Hall–Kier alpha value is -1.96. The van der Waals surface area contributed by atoms with Crippen molar-refractivity contribution in [1.29, 1.82) is 0 Å². The summed E-state index contributed by atoms with van der Waals surface area (Å²) in [4.78, 5) is 13.6. The number of alkyl halides is 3. The van der Waals surface area contributed by atoms with Gasteiger partial charge in [-0.1, -0.05) is 13.8 Å². The lowest BCUT2D eigenvalue weighted by Gasteiger charge is -2.24. The Morgan fingerprint density at radius 2 is 1.88 bits per heavy atom. The number of aliphatic hydroxyl groups excluding tert-OH is 1. The number of hydrogen-bond acceptors (Lipinski definition) is 3. The first kappa shape index (κ1) is 20.1. The quantitative estimate of drug-likeness (QED) is 0.740. The van der Waals surface area contributed by atoms with Gasteiger partial charge in [-0.25, -0.2) is 4.79 Å². The van der Waals surface area contributed by atoms with Crippen LogP contribution in [0.5, 0.6) is 0 Å². The number of aliphatic hydroxyl groups is 1. The SMILES string of the molecule is CN(C)c1ccc(C(F)(F)F)cc1NC(=O)NCC(C)(C)CCO. The third-order valence-corrected chi connectivity index (χ3v) is 3.57. The van der Waals surface area contributed by atoms with Crippen LogP contribution in [0.3, 0.4) is 0 Å². The highest BCUT2D eigenvalue weighted by Gasteiger charge is 2.31. The number of hydrogen-bond donors (Lipinski definition) is 3. The smallest absolute Gasteiger partial charge is 0.396 e. The van der Waals surface area contributed by atoms with E-state index < -0.39 is 17.8 Å². The van der Waals surface area contributed by atoms with Gasteiger partial charge in [0.15, 0.2) is 0 Å². The molecule has 0 radical (unpaired) electrons. The van der Waals surface area contributed by atoms with Crippen LogP contribution in [-0.4, -0.2) is 38.4 Å². The van der Waals surface area contributed by atoms with Crippen LogP contribution in [0, 0.1) is 5.41 Å². The average molecular weight is 347 g/mol. The van der Waals surface area contributed by atoms with Gasteiger partial charge in [0, 0.05) is 27.2 Å². The Balaban J connectivity index is 2.90. The number of carbonyl (C=O) groups is 1. The van der Waals surface area contributed by atoms with Crippen LogP contribution in [0.4, 0.5) is 29.3 Å². The Morgan fingerprint density at radius 3 is 2.38 bits per heavy atom. The van der Waals surface area contributed by atoms with Crippen LogP contribution in [0.25, 0.3) is 0 Å². The van der Waals surface area contributed by atoms with Crippen molar-refractivity contribution in [3.8, 4) is 0 Å². The first-order valence-electron chi connectivity index (χ1n) is 7.50. The highest BCUT2D eigenvalue weighted by molar-refractivity contribution is 5.93. The molecule has 5 nitrogen and oxygen atoms in total. The zero-order chi connectivity index (χ0) is 18.5. The summed E-state index contributed by atoms with van der Waals surface area (Å²) in [6, 6.07) is 2.61. The number of nitrogens with one attached hydrogen (secondary N) is 2. The maximum absolute atomic E-state index is 12.9. The van der Waals surface area contributed by atoms with Crippen molar-refractivity contribution >= 4 is 17.4 Å². The fraction of sp³-hybridized carbons (Fsp3) is 0.562. The second-order valence-electron chi connectivity index (χ2n) is 6.57. The minimum atomic E-state index is -4.49. The molecular formula is C16H24F3N3O2. The molecule has 0 unspecified atom stereocenters. The molecule has 0 aliphatic carbocycles. The first-order valence-corrected chi connectivity index (χ1v) is 7.50. The normalized spacial score (nSPS) is 12.0. The van der Waals surface area contributed by atoms with Gasteiger partial charge in [-0.3, -0.25) is 0 Å². The molecule has 0 bridgehead atoms. The third kappa shape index (κ3) is 5.92. The van der Waals surface area contributed by atoms with E-state index in [2.05, 4.69) is 10.6 Å². The zero-order valence-electron chi connectivity index (χ0n) is 14.3. The van der Waals surface area contributed by atoms with Gasteiger partial charge in [0.25, 0.3) is 0 Å². The molecule has 0 heterocycles. The van der Waals surface area contributed by atoms with E-state index in [0.717, 1.165) is 12.1 Å². The molecule has 0 aromatic heterocycles. The van der Waals surface area contributed by atoms with Gasteiger partial charge in [-0.15, -0.1) is 0 Å². The molecule has 24 heavy (non-hydrogen) atoms. The number of benzene rings is 1. The molecular weight excluding hydrogens is 323 g/mol. The Kier molecular flexibility index (Phi) is 6.48. The molecule has 0 aliphatic heterocycles. The summed E-state index contributed by atoms with van der Waals surface area (Å²) in [5, 5.41) is 14.1. The van der Waals surface area contributed by atoms with Gasteiger partial charge in [0.05, 0.1) is 16.9 Å². The van der Waals surface area contributed by atoms with Gasteiger partial charge in [0.1, 0.15) is 0 Å². The monoisotopic (exact) mass is 347 g/mol. The highest BCUT2D eigenvalue weighted by atomic mass is 19.4. The summed E-state index contributed by atoms with van der Waals surface area (Å²) in [7, 11) is 3.35. The van der Waals surface area contributed by atoms with Crippen molar-refractivity contribution in [2.24, 2.45) is 5.41 Å². The van der Waals surface area contributed by atoms with Crippen molar-refractivity contribution < 1.29 is 23.1 Å². The molecule has 2 amide bonds. The molecule has 0 fully saturated rings. The van der Waals surface area contributed by atoms with E-state index in [1.165, 1.54) is 6.07 Å². The molecule has 0 atom stereocenters. The van der Waals surface area contributed by atoms with Crippen LogP contribution in [0.2, 0.25) is 0 Å². The predicted molar refractivity (Wildman–Crippen MR) is 88.3 cm³/mol. The summed E-state index contributed by atoms with van der Waals surface area (Å²) >= 11 is 0. The summed E-state index contributed by atoms with van der Waals surface area (Å²) in [6.45, 7) is 4.03. The number of nitrogens with zero attached hydrogens (tertiary/aromatic N) is 1. The van der Waals surface area contributed by atoms with Crippen LogP contribution < -0.4 is 15.5 Å². The lowest BCUT2D eigenvalue weighted by atomic mass is 9.90. The van der Waals surface area contributed by atoms with Gasteiger partial charge < -0.3 is 20.6 Å². The zero-order valence-corrected chi connectivity index (χ0v) is 14.3. The Bertz CT molecular complexity index is 572. The first-order chi connectivity index (χ1) is 11.0. The van der Waals surface area contributed by atoms with Crippen molar-refractivity contribution in [3.05, 3.63) is 23.8 Å². The fourth-order valence-corrected chi connectivity index (χ4v) is 2.08. The predicted octanol–water partition coefficient (Wildman–Crippen LogP) is 3.30. The van der Waals surface area contributed by atoms with E-state index in [9.17, 15) is 18.0 Å². The molecule has 0 spiro atoms. The van der Waals surface area contributed by atoms with Crippen LogP contribution in [-0.2, 0) is 6.18 Å². The second kappa shape index (κ2) is 7.74. The number of urea groups is 1. The topological polar surface area (TPSA) is 64.6 Å². The largest absolute Gasteiger partial charge is 0.416 e. The van der Waals surface area contributed by atoms with Crippen LogP contribution in [0.15, 0.2) is 18.2 Å². The van der Waals surface area contributed by atoms with Gasteiger partial charge in [-0.05, 0) is 30.0 Å². The van der Waals surface area contributed by atoms with E-state index in [-0.39, 0.29) is 24.3 Å². The van der Waals surface area contributed by atoms with E-state index in [1.54, 1.807) is 19.0 Å². The van der Waals surface area contributed by atoms with E-state index >= 15 is 0 Å². The Labute approximate surface area is 139 Å². The molecule has 3 N–H and O–H groups in total. The van der Waals surface area contributed by atoms with Crippen molar-refractivity contribution in [1.82, 2.24) is 5.32 Å². The lowest BCUT2D eigenvalue weighted by molar-refractivity contribution is -0.137. The summed E-state index contributed by atoms with van der Waals surface area (Å²) in [6.07, 6.45) is -3.99. The van der Waals surface area contributed by atoms with E-state index in [0.29, 0.717) is 12.1 Å². The maximum atomic E-state index is 12.9. The fourth-order valence-electron chi connectivity index (χ4n) is 2.08.